The highest BCUT2D eigenvalue weighted by Crippen LogP contribution is 2.21. The fourth-order valence-electron chi connectivity index (χ4n) is 2.52. The van der Waals surface area contributed by atoms with Gasteiger partial charge in [0.25, 0.3) is 0 Å². The standard InChI is InChI=1S/C23H30N6O2/c1-5-22(30)27-18(3)16-26-29(4)28-25-15-17(2)23(24)19-11-13-21(14-12-19)31-20-9-7-6-8-10-20/h5-15,18,24-26,28H,1,16H2,2-4H3,(H,27,30)/b17-15+,24-23?. The van der Waals surface area contributed by atoms with Gasteiger partial charge in [-0.15, -0.1) is 0 Å². The Kier molecular flexibility index (Phi) is 9.44. The van der Waals surface area contributed by atoms with E-state index in [4.69, 9.17) is 10.1 Å². The molecule has 2 aromatic carbocycles. The lowest BCUT2D eigenvalue weighted by molar-refractivity contribution is -0.117. The molecule has 8 nitrogen and oxygen atoms in total. The number of benzene rings is 2. The summed E-state index contributed by atoms with van der Waals surface area (Å²) in [5.74, 6) is 1.28. The molecule has 0 saturated heterocycles. The zero-order valence-electron chi connectivity index (χ0n) is 18.1. The zero-order valence-corrected chi connectivity index (χ0v) is 18.1. The molecule has 31 heavy (non-hydrogen) atoms. The van der Waals surface area contributed by atoms with Gasteiger partial charge in [0.15, 0.2) is 0 Å². The number of nitrogens with zero attached hydrogens (tertiary/aromatic N) is 1. The number of carbonyl (C=O) groups is 1. The highest BCUT2D eigenvalue weighted by Gasteiger charge is 2.06. The number of hydrogen-bond acceptors (Lipinski definition) is 7. The number of hydrazine groups is 3. The first-order valence-electron chi connectivity index (χ1n) is 9.89. The Morgan fingerprint density at radius 3 is 2.45 bits per heavy atom. The van der Waals surface area contributed by atoms with Gasteiger partial charge < -0.3 is 15.5 Å². The van der Waals surface area contributed by atoms with Gasteiger partial charge in [0.05, 0.1) is 5.71 Å². The lowest BCUT2D eigenvalue weighted by atomic mass is 10.0. The predicted molar refractivity (Wildman–Crippen MR) is 123 cm³/mol. The van der Waals surface area contributed by atoms with Crippen LogP contribution in [0.25, 0.3) is 0 Å². The van der Waals surface area contributed by atoms with E-state index in [-0.39, 0.29) is 11.9 Å². The minimum Gasteiger partial charge on any atom is -0.457 e. The fraction of sp³-hybridized carbons (Fsp3) is 0.217. The van der Waals surface area contributed by atoms with Gasteiger partial charge in [-0.1, -0.05) is 24.8 Å². The summed E-state index contributed by atoms with van der Waals surface area (Å²) in [6, 6.07) is 16.9. The molecule has 0 heterocycles. The van der Waals surface area contributed by atoms with Gasteiger partial charge in [0.2, 0.25) is 5.91 Å². The quantitative estimate of drug-likeness (QED) is 0.205. The number of rotatable bonds is 12. The second kappa shape index (κ2) is 12.3. The van der Waals surface area contributed by atoms with Crippen LogP contribution in [-0.4, -0.2) is 36.4 Å². The lowest BCUT2D eigenvalue weighted by Gasteiger charge is -2.22. The maximum atomic E-state index is 11.3. The van der Waals surface area contributed by atoms with Gasteiger partial charge in [-0.3, -0.25) is 10.2 Å². The second-order valence-corrected chi connectivity index (χ2v) is 6.93. The van der Waals surface area contributed by atoms with Crippen LogP contribution >= 0.6 is 0 Å². The van der Waals surface area contributed by atoms with Gasteiger partial charge in [-0.05, 0) is 67.5 Å². The molecule has 0 aliphatic heterocycles. The summed E-state index contributed by atoms with van der Waals surface area (Å²) in [7, 11) is 1.79. The number of allylic oxidation sites excluding steroid dienone is 1. The zero-order chi connectivity index (χ0) is 22.6. The van der Waals surface area contributed by atoms with Crippen molar-refractivity contribution in [3.63, 3.8) is 0 Å². The Hall–Kier alpha value is -3.46. The van der Waals surface area contributed by atoms with Crippen LogP contribution in [0, 0.1) is 5.41 Å². The van der Waals surface area contributed by atoms with Gasteiger partial charge in [-0.2, -0.15) is 10.7 Å². The topological polar surface area (TPSA) is 102 Å². The highest BCUT2D eigenvalue weighted by molar-refractivity contribution is 6.10. The largest absolute Gasteiger partial charge is 0.457 e. The van der Waals surface area contributed by atoms with E-state index in [2.05, 4.69) is 28.3 Å². The van der Waals surface area contributed by atoms with Gasteiger partial charge in [0.1, 0.15) is 11.5 Å². The van der Waals surface area contributed by atoms with Crippen LogP contribution in [0.15, 0.2) is 79.0 Å². The molecule has 2 rings (SSSR count). The molecule has 1 atom stereocenters. The molecule has 0 aliphatic carbocycles. The molecule has 164 valence electrons. The van der Waals surface area contributed by atoms with Crippen molar-refractivity contribution in [2.24, 2.45) is 0 Å². The van der Waals surface area contributed by atoms with Crippen molar-refractivity contribution < 1.29 is 9.53 Å². The monoisotopic (exact) mass is 422 g/mol. The maximum absolute atomic E-state index is 11.3. The molecule has 8 heteroatoms. The first kappa shape index (κ1) is 23.8. The van der Waals surface area contributed by atoms with Crippen LogP contribution < -0.4 is 26.4 Å². The van der Waals surface area contributed by atoms with Crippen molar-refractivity contribution in [3.8, 4) is 11.5 Å². The lowest BCUT2D eigenvalue weighted by Crippen LogP contribution is -2.53. The van der Waals surface area contributed by atoms with Crippen LogP contribution in [0.1, 0.15) is 19.4 Å². The Labute approximate surface area is 183 Å². The van der Waals surface area contributed by atoms with E-state index in [1.165, 1.54) is 6.08 Å². The molecule has 2 aromatic rings. The van der Waals surface area contributed by atoms with Crippen molar-refractivity contribution >= 4 is 11.6 Å². The minimum absolute atomic E-state index is 0.0611. The molecule has 0 fully saturated rings. The number of carbonyl (C=O) groups excluding carboxylic acids is 1. The highest BCUT2D eigenvalue weighted by atomic mass is 16.5. The summed E-state index contributed by atoms with van der Waals surface area (Å²) in [5.41, 5.74) is 10.9. The fourth-order valence-corrected chi connectivity index (χ4v) is 2.52. The van der Waals surface area contributed by atoms with Crippen LogP contribution in [-0.2, 0) is 4.79 Å². The number of hydrogen-bond donors (Lipinski definition) is 5. The number of ether oxygens (including phenoxy) is 1. The molecule has 0 radical (unpaired) electrons. The van der Waals surface area contributed by atoms with E-state index in [1.54, 1.807) is 18.4 Å². The molecule has 0 aliphatic rings. The molecule has 1 unspecified atom stereocenters. The maximum Gasteiger partial charge on any atom is 0.243 e. The number of para-hydroxylation sites is 1. The third kappa shape index (κ3) is 8.43. The van der Waals surface area contributed by atoms with Crippen molar-refractivity contribution in [2.45, 2.75) is 19.9 Å². The summed E-state index contributed by atoms with van der Waals surface area (Å²) in [6.07, 6.45) is 2.95. The van der Waals surface area contributed by atoms with Crippen molar-refractivity contribution in [1.29, 1.82) is 5.41 Å². The van der Waals surface area contributed by atoms with Crippen molar-refractivity contribution in [3.05, 3.63) is 84.6 Å². The molecule has 0 bridgehead atoms. The second-order valence-electron chi connectivity index (χ2n) is 6.93. The first-order valence-corrected chi connectivity index (χ1v) is 9.89. The van der Waals surface area contributed by atoms with E-state index in [1.807, 2.05) is 68.4 Å². The summed E-state index contributed by atoms with van der Waals surface area (Å²) < 4.78 is 5.78. The molecule has 0 saturated carbocycles. The minimum atomic E-state index is -0.209. The van der Waals surface area contributed by atoms with Crippen LogP contribution in [0.3, 0.4) is 0 Å². The smallest absolute Gasteiger partial charge is 0.243 e. The summed E-state index contributed by atoms with van der Waals surface area (Å²) in [4.78, 5) is 11.3. The van der Waals surface area contributed by atoms with E-state index >= 15 is 0 Å². The van der Waals surface area contributed by atoms with E-state index in [0.717, 1.165) is 22.6 Å². The Balaban J connectivity index is 1.78. The summed E-state index contributed by atoms with van der Waals surface area (Å²) in [5, 5.41) is 12.8. The number of nitrogens with one attached hydrogen (secondary N) is 5. The normalized spacial score (nSPS) is 12.2. The summed E-state index contributed by atoms with van der Waals surface area (Å²) >= 11 is 0. The average Bonchev–Trinajstić information content (AvgIpc) is 2.78. The van der Waals surface area contributed by atoms with Crippen LogP contribution in [0.4, 0.5) is 0 Å². The number of amides is 1. The Morgan fingerprint density at radius 1 is 1.16 bits per heavy atom. The van der Waals surface area contributed by atoms with Crippen LogP contribution in [0.2, 0.25) is 0 Å². The SMILES string of the molecule is C=CC(=O)NC(C)CNN(C)NN/C=C(\C)C(=N)c1ccc(Oc2ccccc2)cc1. The Morgan fingerprint density at radius 2 is 1.81 bits per heavy atom. The Bertz CT molecular complexity index is 896. The summed E-state index contributed by atoms with van der Waals surface area (Å²) in [6.45, 7) is 7.70. The third-order valence-corrected chi connectivity index (χ3v) is 4.25. The average molecular weight is 423 g/mol. The molecular formula is C23H30N6O2. The van der Waals surface area contributed by atoms with E-state index in [0.29, 0.717) is 12.3 Å². The van der Waals surface area contributed by atoms with Crippen LogP contribution in [0.5, 0.6) is 11.5 Å². The van der Waals surface area contributed by atoms with Crippen molar-refractivity contribution in [1.82, 2.24) is 26.8 Å². The third-order valence-electron chi connectivity index (χ3n) is 4.25. The van der Waals surface area contributed by atoms with E-state index < -0.39 is 0 Å². The van der Waals surface area contributed by atoms with E-state index in [9.17, 15) is 4.79 Å². The molecule has 0 spiro atoms. The van der Waals surface area contributed by atoms with Crippen molar-refractivity contribution in [2.75, 3.05) is 13.6 Å². The van der Waals surface area contributed by atoms with Gasteiger partial charge in [0, 0.05) is 25.8 Å². The predicted octanol–water partition coefficient (Wildman–Crippen LogP) is 2.89. The van der Waals surface area contributed by atoms with Gasteiger partial charge in [-0.25, -0.2) is 5.43 Å². The molecular weight excluding hydrogens is 392 g/mol. The molecule has 1 amide bonds. The van der Waals surface area contributed by atoms with Gasteiger partial charge >= 0.3 is 0 Å². The molecule has 5 N–H and O–H groups in total. The first-order chi connectivity index (χ1) is 14.9. The molecule has 0 aromatic heterocycles.